The van der Waals surface area contributed by atoms with Gasteiger partial charge in [-0.1, -0.05) is 0 Å². The van der Waals surface area contributed by atoms with Crippen LogP contribution in [0.5, 0.6) is 5.75 Å². The zero-order valence-corrected chi connectivity index (χ0v) is 15.7. The number of benzene rings is 1. The van der Waals surface area contributed by atoms with Crippen LogP contribution in [0.15, 0.2) is 46.0 Å². The lowest BCUT2D eigenvalue weighted by atomic mass is 10.1. The molecule has 25 heavy (non-hydrogen) atoms. The van der Waals surface area contributed by atoms with E-state index in [9.17, 15) is 8.42 Å². The van der Waals surface area contributed by atoms with Gasteiger partial charge in [-0.15, -0.1) is 0 Å². The minimum absolute atomic E-state index is 0.00294. The maximum atomic E-state index is 12.6. The summed E-state index contributed by atoms with van der Waals surface area (Å²) in [5.74, 6) is 0.628. The Morgan fingerprint density at radius 3 is 2.56 bits per heavy atom. The van der Waals surface area contributed by atoms with Crippen molar-refractivity contribution in [2.24, 2.45) is 0 Å². The summed E-state index contributed by atoms with van der Waals surface area (Å²) in [5, 5.41) is 4.09. The molecule has 1 aliphatic heterocycles. The first-order valence-electron chi connectivity index (χ1n) is 8.08. The van der Waals surface area contributed by atoms with E-state index in [1.54, 1.807) is 42.7 Å². The van der Waals surface area contributed by atoms with Crippen LogP contribution in [0.2, 0.25) is 0 Å². The lowest BCUT2D eigenvalue weighted by molar-refractivity contribution is 0.0173. The molecule has 2 heterocycles. The van der Waals surface area contributed by atoms with Crippen LogP contribution in [0.25, 0.3) is 0 Å². The van der Waals surface area contributed by atoms with E-state index in [2.05, 4.69) is 15.0 Å². The first-order chi connectivity index (χ1) is 12.1. The standard InChI is InChI=1S/C17H22N2O4S2/c1-22-15-2-4-16(5-3-15)25(20,21)18-12-17(14-6-11-24-13-14)19-7-9-23-10-8-19/h2-6,11,13,17-18H,7-10,12H2,1H3/t17-/m1/s1. The van der Waals surface area contributed by atoms with Gasteiger partial charge in [-0.2, -0.15) is 11.3 Å². The Balaban J connectivity index is 1.73. The van der Waals surface area contributed by atoms with E-state index in [1.165, 1.54) is 0 Å². The molecule has 8 heteroatoms. The van der Waals surface area contributed by atoms with Crippen molar-refractivity contribution in [2.75, 3.05) is 40.0 Å². The van der Waals surface area contributed by atoms with Crippen LogP contribution in [0.1, 0.15) is 11.6 Å². The molecular weight excluding hydrogens is 360 g/mol. The van der Waals surface area contributed by atoms with Crippen LogP contribution in [0, 0.1) is 0 Å². The second-order valence-corrected chi connectivity index (χ2v) is 8.30. The predicted octanol–water partition coefficient (Wildman–Crippen LogP) is 2.11. The van der Waals surface area contributed by atoms with Gasteiger partial charge in [0, 0.05) is 25.7 Å². The number of rotatable bonds is 7. The van der Waals surface area contributed by atoms with Crippen molar-refractivity contribution in [1.29, 1.82) is 0 Å². The van der Waals surface area contributed by atoms with Crippen molar-refractivity contribution in [3.05, 3.63) is 46.7 Å². The van der Waals surface area contributed by atoms with E-state index < -0.39 is 10.0 Å². The molecule has 1 atom stereocenters. The Hall–Kier alpha value is -1.45. The van der Waals surface area contributed by atoms with Gasteiger partial charge in [0.05, 0.1) is 25.2 Å². The Bertz CT molecular complexity index is 754. The number of methoxy groups -OCH3 is 1. The highest BCUT2D eigenvalue weighted by Gasteiger charge is 2.25. The number of hydrogen-bond acceptors (Lipinski definition) is 6. The fraction of sp³-hybridized carbons (Fsp3) is 0.412. The highest BCUT2D eigenvalue weighted by Crippen LogP contribution is 2.24. The van der Waals surface area contributed by atoms with E-state index in [1.807, 2.05) is 11.4 Å². The molecule has 0 spiro atoms. The average Bonchev–Trinajstić information content (AvgIpc) is 3.17. The van der Waals surface area contributed by atoms with Crippen molar-refractivity contribution < 1.29 is 17.9 Å². The molecular formula is C17H22N2O4S2. The van der Waals surface area contributed by atoms with Crippen LogP contribution in [-0.2, 0) is 14.8 Å². The van der Waals surface area contributed by atoms with Crippen LogP contribution in [-0.4, -0.2) is 53.3 Å². The summed E-state index contributed by atoms with van der Waals surface area (Å²) in [6.07, 6.45) is 0. The molecule has 0 saturated carbocycles. The minimum atomic E-state index is -3.57. The first-order valence-corrected chi connectivity index (χ1v) is 10.5. The third-order valence-corrected chi connectivity index (χ3v) is 6.39. The molecule has 1 N–H and O–H groups in total. The van der Waals surface area contributed by atoms with E-state index in [-0.39, 0.29) is 10.9 Å². The lowest BCUT2D eigenvalue weighted by Gasteiger charge is -2.34. The van der Waals surface area contributed by atoms with E-state index >= 15 is 0 Å². The van der Waals surface area contributed by atoms with E-state index in [0.717, 1.165) is 18.7 Å². The van der Waals surface area contributed by atoms with Gasteiger partial charge >= 0.3 is 0 Å². The second kappa shape index (κ2) is 8.29. The molecule has 1 aromatic carbocycles. The molecule has 0 radical (unpaired) electrons. The molecule has 3 rings (SSSR count). The first kappa shape index (κ1) is 18.3. The number of hydrogen-bond donors (Lipinski definition) is 1. The van der Waals surface area contributed by atoms with E-state index in [4.69, 9.17) is 9.47 Å². The third-order valence-electron chi connectivity index (χ3n) is 4.25. The van der Waals surface area contributed by atoms with Crippen molar-refractivity contribution >= 4 is 21.4 Å². The third kappa shape index (κ3) is 4.59. The molecule has 0 amide bonds. The summed E-state index contributed by atoms with van der Waals surface area (Å²) in [5.41, 5.74) is 1.13. The van der Waals surface area contributed by atoms with Crippen LogP contribution in [0.3, 0.4) is 0 Å². The number of ether oxygens (including phenoxy) is 2. The number of morpholine rings is 1. The second-order valence-electron chi connectivity index (χ2n) is 5.75. The molecule has 0 unspecified atom stereocenters. The maximum absolute atomic E-state index is 12.6. The number of nitrogens with zero attached hydrogens (tertiary/aromatic N) is 1. The summed E-state index contributed by atoms with van der Waals surface area (Å²) in [6.45, 7) is 3.26. The molecule has 1 fully saturated rings. The fourth-order valence-corrected chi connectivity index (χ4v) is 4.58. The van der Waals surface area contributed by atoms with Crippen LogP contribution < -0.4 is 9.46 Å². The molecule has 2 aromatic rings. The van der Waals surface area contributed by atoms with Gasteiger partial charge in [-0.05, 0) is 46.7 Å². The summed E-state index contributed by atoms with van der Waals surface area (Å²) in [4.78, 5) is 2.50. The summed E-state index contributed by atoms with van der Waals surface area (Å²) in [7, 11) is -2.02. The Morgan fingerprint density at radius 2 is 1.96 bits per heavy atom. The molecule has 0 bridgehead atoms. The fourth-order valence-electron chi connectivity index (χ4n) is 2.84. The SMILES string of the molecule is COc1ccc(S(=O)(=O)NC[C@H](c2ccsc2)N2CCOCC2)cc1. The lowest BCUT2D eigenvalue weighted by Crippen LogP contribution is -2.43. The molecule has 6 nitrogen and oxygen atoms in total. The molecule has 136 valence electrons. The molecule has 1 aliphatic rings. The maximum Gasteiger partial charge on any atom is 0.240 e. The van der Waals surface area contributed by atoms with Crippen LogP contribution in [0.4, 0.5) is 0 Å². The number of sulfonamides is 1. The normalized spacial score (nSPS) is 17.3. The van der Waals surface area contributed by atoms with Crippen LogP contribution >= 0.6 is 11.3 Å². The van der Waals surface area contributed by atoms with Gasteiger partial charge < -0.3 is 9.47 Å². The summed E-state index contributed by atoms with van der Waals surface area (Å²) < 4.78 is 38.4. The monoisotopic (exact) mass is 382 g/mol. The van der Waals surface area contributed by atoms with Crippen molar-refractivity contribution in [1.82, 2.24) is 9.62 Å². The molecule has 0 aliphatic carbocycles. The predicted molar refractivity (Wildman–Crippen MR) is 97.6 cm³/mol. The van der Waals surface area contributed by atoms with Crippen molar-refractivity contribution in [3.8, 4) is 5.75 Å². The van der Waals surface area contributed by atoms with Gasteiger partial charge in [0.2, 0.25) is 10.0 Å². The number of thiophene rings is 1. The van der Waals surface area contributed by atoms with Gasteiger partial charge in [0.1, 0.15) is 5.75 Å². The zero-order chi connectivity index (χ0) is 17.7. The van der Waals surface area contributed by atoms with Gasteiger partial charge in [-0.25, -0.2) is 13.1 Å². The van der Waals surface area contributed by atoms with Gasteiger partial charge in [0.15, 0.2) is 0 Å². The molecule has 1 aromatic heterocycles. The topological polar surface area (TPSA) is 67.9 Å². The van der Waals surface area contributed by atoms with Crippen molar-refractivity contribution in [2.45, 2.75) is 10.9 Å². The van der Waals surface area contributed by atoms with Gasteiger partial charge in [-0.3, -0.25) is 4.90 Å². The quantitative estimate of drug-likeness (QED) is 0.794. The Labute approximate surface area is 152 Å². The molecule has 1 saturated heterocycles. The van der Waals surface area contributed by atoms with Crippen molar-refractivity contribution in [3.63, 3.8) is 0 Å². The zero-order valence-electron chi connectivity index (χ0n) is 14.1. The highest BCUT2D eigenvalue weighted by molar-refractivity contribution is 7.89. The summed E-state index contributed by atoms with van der Waals surface area (Å²) in [6, 6.07) is 8.44. The Morgan fingerprint density at radius 1 is 1.24 bits per heavy atom. The van der Waals surface area contributed by atoms with Gasteiger partial charge in [0.25, 0.3) is 0 Å². The smallest absolute Gasteiger partial charge is 0.240 e. The average molecular weight is 383 g/mol. The number of nitrogens with one attached hydrogen (secondary N) is 1. The minimum Gasteiger partial charge on any atom is -0.497 e. The largest absolute Gasteiger partial charge is 0.497 e. The highest BCUT2D eigenvalue weighted by atomic mass is 32.2. The van der Waals surface area contributed by atoms with E-state index in [0.29, 0.717) is 25.5 Å². The summed E-state index contributed by atoms with van der Waals surface area (Å²) >= 11 is 1.62. The Kier molecular flexibility index (Phi) is 6.08.